The monoisotopic (exact) mass is 1010 g/mol. The maximum Gasteiger partial charge on any atom is 0.306 e. The first kappa shape index (κ1) is 69.9. The number of carbonyl (C=O) groups is 3. The van der Waals surface area contributed by atoms with Gasteiger partial charge in [-0.15, -0.1) is 0 Å². The highest BCUT2D eigenvalue weighted by Crippen LogP contribution is 2.18. The summed E-state index contributed by atoms with van der Waals surface area (Å²) in [4.78, 5) is 38.3. The maximum absolute atomic E-state index is 12.9. The van der Waals surface area contributed by atoms with Gasteiger partial charge in [-0.25, -0.2) is 0 Å². The number of hydrogen-bond acceptors (Lipinski definition) is 6. The molecule has 0 spiro atoms. The molecule has 0 heterocycles. The second-order valence-electron chi connectivity index (χ2n) is 22.0. The summed E-state index contributed by atoms with van der Waals surface area (Å²) in [6.07, 6.45) is 73.3. The molecule has 0 saturated heterocycles. The minimum absolute atomic E-state index is 0.0696. The van der Waals surface area contributed by atoms with Gasteiger partial charge >= 0.3 is 17.9 Å². The fourth-order valence-corrected chi connectivity index (χ4v) is 9.79. The fraction of sp³-hybridized carbons (Fsp3) is 0.894. The Hall–Kier alpha value is -2.11. The first-order valence-corrected chi connectivity index (χ1v) is 32.3. The average molecular weight is 1010 g/mol. The van der Waals surface area contributed by atoms with Crippen molar-refractivity contribution in [3.05, 3.63) is 24.3 Å². The third-order valence-corrected chi connectivity index (χ3v) is 14.7. The van der Waals surface area contributed by atoms with Crippen molar-refractivity contribution < 1.29 is 28.6 Å². The van der Waals surface area contributed by atoms with Crippen molar-refractivity contribution in [3.63, 3.8) is 0 Å². The van der Waals surface area contributed by atoms with Gasteiger partial charge in [0, 0.05) is 19.3 Å². The molecule has 0 radical (unpaired) electrons. The Morgan fingerprint density at radius 1 is 0.264 bits per heavy atom. The van der Waals surface area contributed by atoms with Crippen molar-refractivity contribution in [2.75, 3.05) is 13.2 Å². The number of carbonyl (C=O) groups excluding carboxylic acids is 3. The molecule has 0 aromatic rings. The molecule has 0 saturated carbocycles. The molecule has 0 aromatic carbocycles. The van der Waals surface area contributed by atoms with Crippen LogP contribution in [0.4, 0.5) is 0 Å². The molecule has 0 aliphatic carbocycles. The number of rotatable bonds is 60. The molecule has 0 amide bonds. The normalized spacial score (nSPS) is 12.1. The van der Waals surface area contributed by atoms with Crippen molar-refractivity contribution in [3.8, 4) is 0 Å². The summed E-state index contributed by atoms with van der Waals surface area (Å²) < 4.78 is 16.9. The van der Waals surface area contributed by atoms with Gasteiger partial charge in [0.2, 0.25) is 0 Å². The highest BCUT2D eigenvalue weighted by molar-refractivity contribution is 5.71. The predicted octanol–water partition coefficient (Wildman–Crippen LogP) is 21.8. The van der Waals surface area contributed by atoms with Crippen LogP contribution < -0.4 is 0 Å². The molecule has 424 valence electrons. The Morgan fingerprint density at radius 2 is 0.458 bits per heavy atom. The summed E-state index contributed by atoms with van der Waals surface area (Å²) in [5.41, 5.74) is 0. The molecule has 1 unspecified atom stereocenters. The summed E-state index contributed by atoms with van der Waals surface area (Å²) in [5.74, 6) is -0.855. The van der Waals surface area contributed by atoms with Crippen LogP contribution in [0.1, 0.15) is 361 Å². The topological polar surface area (TPSA) is 78.9 Å². The molecule has 0 fully saturated rings. The average Bonchev–Trinajstić information content (AvgIpc) is 3.38. The second-order valence-corrected chi connectivity index (χ2v) is 22.0. The Bertz CT molecular complexity index is 1160. The molecule has 6 nitrogen and oxygen atoms in total. The lowest BCUT2D eigenvalue weighted by Gasteiger charge is -2.18. The molecule has 6 heteroatoms. The maximum atomic E-state index is 12.9. The van der Waals surface area contributed by atoms with Crippen LogP contribution in [0.15, 0.2) is 24.3 Å². The van der Waals surface area contributed by atoms with E-state index in [0.717, 1.165) is 64.2 Å². The zero-order valence-electron chi connectivity index (χ0n) is 48.7. The van der Waals surface area contributed by atoms with E-state index in [-0.39, 0.29) is 31.1 Å². The summed E-state index contributed by atoms with van der Waals surface area (Å²) in [5, 5.41) is 0. The third kappa shape index (κ3) is 58.8. The summed E-state index contributed by atoms with van der Waals surface area (Å²) >= 11 is 0. The van der Waals surface area contributed by atoms with Gasteiger partial charge in [0.25, 0.3) is 0 Å². The van der Waals surface area contributed by atoms with Gasteiger partial charge in [-0.05, 0) is 70.6 Å². The lowest BCUT2D eigenvalue weighted by molar-refractivity contribution is -0.167. The van der Waals surface area contributed by atoms with Gasteiger partial charge < -0.3 is 14.2 Å². The van der Waals surface area contributed by atoms with Crippen LogP contribution in [0.5, 0.6) is 0 Å². The van der Waals surface area contributed by atoms with Crippen molar-refractivity contribution in [1.82, 2.24) is 0 Å². The van der Waals surface area contributed by atoms with Crippen molar-refractivity contribution in [2.45, 2.75) is 367 Å². The Kier molecular flexibility index (Phi) is 59.6. The van der Waals surface area contributed by atoms with Gasteiger partial charge in [-0.1, -0.05) is 295 Å². The first-order valence-electron chi connectivity index (χ1n) is 32.3. The Balaban J connectivity index is 4.27. The lowest BCUT2D eigenvalue weighted by atomic mass is 10.0. The Labute approximate surface area is 449 Å². The van der Waals surface area contributed by atoms with E-state index < -0.39 is 6.10 Å². The van der Waals surface area contributed by atoms with E-state index in [1.807, 2.05) is 0 Å². The molecule has 0 rings (SSSR count). The van der Waals surface area contributed by atoms with E-state index in [0.29, 0.717) is 19.3 Å². The van der Waals surface area contributed by atoms with Gasteiger partial charge in [0.05, 0.1) is 0 Å². The van der Waals surface area contributed by atoms with Crippen LogP contribution in [0.25, 0.3) is 0 Å². The van der Waals surface area contributed by atoms with E-state index in [1.54, 1.807) is 0 Å². The summed E-state index contributed by atoms with van der Waals surface area (Å²) in [7, 11) is 0. The smallest absolute Gasteiger partial charge is 0.306 e. The highest BCUT2D eigenvalue weighted by Gasteiger charge is 2.19. The first-order chi connectivity index (χ1) is 35.5. The standard InChI is InChI=1S/C66H124O6/c1-4-7-10-13-16-19-22-25-27-29-31-32-33-35-36-38-41-44-47-50-53-56-59-65(68)71-62-63(61-70-64(67)58-55-52-49-46-43-40-24-21-18-15-12-9-6-3)72-66(69)60-57-54-51-48-45-42-39-37-34-30-28-26-23-20-17-14-11-8-5-2/h21,24,26,28,63H,4-20,22-23,25,27,29-62H2,1-3H3/b24-21-,28-26-. The third-order valence-electron chi connectivity index (χ3n) is 14.7. The summed E-state index contributed by atoms with van der Waals surface area (Å²) in [6.45, 7) is 6.68. The van der Waals surface area contributed by atoms with Crippen LogP contribution in [-0.2, 0) is 28.6 Å². The van der Waals surface area contributed by atoms with Crippen molar-refractivity contribution >= 4 is 17.9 Å². The Morgan fingerprint density at radius 3 is 0.708 bits per heavy atom. The molecule has 0 aromatic heterocycles. The van der Waals surface area contributed by atoms with Gasteiger partial charge in [0.15, 0.2) is 6.10 Å². The van der Waals surface area contributed by atoms with E-state index in [9.17, 15) is 14.4 Å². The zero-order chi connectivity index (χ0) is 52.2. The van der Waals surface area contributed by atoms with Crippen molar-refractivity contribution in [1.29, 1.82) is 0 Å². The molecule has 0 N–H and O–H groups in total. The molecule has 0 bridgehead atoms. The number of unbranched alkanes of at least 4 members (excludes halogenated alkanes) is 45. The second kappa shape index (κ2) is 61.4. The predicted molar refractivity (Wildman–Crippen MR) is 312 cm³/mol. The van der Waals surface area contributed by atoms with Crippen molar-refractivity contribution in [2.24, 2.45) is 0 Å². The molecule has 0 aliphatic heterocycles. The fourth-order valence-electron chi connectivity index (χ4n) is 9.79. The van der Waals surface area contributed by atoms with E-state index in [4.69, 9.17) is 14.2 Å². The number of hydrogen-bond donors (Lipinski definition) is 0. The van der Waals surface area contributed by atoms with Crippen LogP contribution in [-0.4, -0.2) is 37.2 Å². The van der Waals surface area contributed by atoms with Gasteiger partial charge in [-0.3, -0.25) is 14.4 Å². The minimum atomic E-state index is -0.773. The number of allylic oxidation sites excluding steroid dienone is 4. The quantitative estimate of drug-likeness (QED) is 0.0261. The molecule has 1 atom stereocenters. The zero-order valence-corrected chi connectivity index (χ0v) is 48.7. The van der Waals surface area contributed by atoms with Crippen LogP contribution >= 0.6 is 0 Å². The summed E-state index contributed by atoms with van der Waals surface area (Å²) in [6, 6.07) is 0. The highest BCUT2D eigenvalue weighted by atomic mass is 16.6. The van der Waals surface area contributed by atoms with Gasteiger partial charge in [0.1, 0.15) is 13.2 Å². The van der Waals surface area contributed by atoms with Gasteiger partial charge in [-0.2, -0.15) is 0 Å². The molecular formula is C66H124O6. The van der Waals surface area contributed by atoms with Crippen LogP contribution in [0.2, 0.25) is 0 Å². The van der Waals surface area contributed by atoms with E-state index in [1.165, 1.54) is 257 Å². The number of ether oxygens (including phenoxy) is 3. The number of esters is 3. The largest absolute Gasteiger partial charge is 0.462 e. The lowest BCUT2D eigenvalue weighted by Crippen LogP contribution is -2.30. The molecular weight excluding hydrogens is 889 g/mol. The molecule has 0 aliphatic rings. The van der Waals surface area contributed by atoms with Crippen LogP contribution in [0.3, 0.4) is 0 Å². The van der Waals surface area contributed by atoms with E-state index >= 15 is 0 Å². The van der Waals surface area contributed by atoms with E-state index in [2.05, 4.69) is 45.1 Å². The van der Waals surface area contributed by atoms with Crippen LogP contribution in [0, 0.1) is 0 Å². The SMILES string of the molecule is CCCCCC/C=C\CCCCCCCC(=O)OCC(COC(=O)CCCCCCCCCCCCCCCCCCCCCCCC)OC(=O)CCCCCCCCCCC/C=C\CCCCCCCC. The molecule has 72 heavy (non-hydrogen) atoms. The minimum Gasteiger partial charge on any atom is -0.462 e.